The highest BCUT2D eigenvalue weighted by Crippen LogP contribution is 2.52. The van der Waals surface area contributed by atoms with Gasteiger partial charge in [0.1, 0.15) is 17.0 Å². The van der Waals surface area contributed by atoms with E-state index in [4.69, 9.17) is 14.2 Å². The third kappa shape index (κ3) is 3.47. The van der Waals surface area contributed by atoms with Gasteiger partial charge in [-0.15, -0.1) is 0 Å². The van der Waals surface area contributed by atoms with Crippen LogP contribution in [0.25, 0.3) is 22.3 Å². The predicted molar refractivity (Wildman–Crippen MR) is 107 cm³/mol. The molecule has 9 nitrogen and oxygen atoms in total. The van der Waals surface area contributed by atoms with Gasteiger partial charge in [0, 0.05) is 25.0 Å². The molecule has 1 saturated heterocycles. The Balaban J connectivity index is 1.97. The summed E-state index contributed by atoms with van der Waals surface area (Å²) in [5.74, 6) is 0.638. The molecular weight excluding hydrogens is 381 g/mol. The van der Waals surface area contributed by atoms with Crippen LogP contribution in [-0.2, 0) is 9.26 Å². The number of pyridine rings is 2. The van der Waals surface area contributed by atoms with Gasteiger partial charge in [-0.1, -0.05) is 0 Å². The Bertz CT molecular complexity index is 966. The van der Waals surface area contributed by atoms with Crippen molar-refractivity contribution in [2.24, 2.45) is 0 Å². The summed E-state index contributed by atoms with van der Waals surface area (Å²) < 4.78 is 10.9. The Hall–Kier alpha value is -2.16. The Labute approximate surface area is 162 Å². The fourth-order valence-corrected chi connectivity index (χ4v) is 4.69. The van der Waals surface area contributed by atoms with E-state index in [0.29, 0.717) is 53.2 Å². The second-order valence-corrected chi connectivity index (χ2v) is 8.43. The topological polar surface area (TPSA) is 117 Å². The molecule has 0 aromatic carbocycles. The van der Waals surface area contributed by atoms with Crippen LogP contribution in [0.5, 0.6) is 0 Å². The van der Waals surface area contributed by atoms with E-state index in [1.807, 2.05) is 6.92 Å². The number of hydrogen-bond acceptors (Lipinski definition) is 8. The number of rotatable bonds is 5. The number of nitrogens with zero attached hydrogens (tertiary/aromatic N) is 4. The quantitative estimate of drug-likeness (QED) is 0.550. The molecule has 148 valence electrons. The van der Waals surface area contributed by atoms with Gasteiger partial charge in [-0.25, -0.2) is 4.98 Å². The Kier molecular flexibility index (Phi) is 5.27. The molecular formula is C18H23N5O4P+. The molecule has 0 spiro atoms. The molecule has 4 rings (SSSR count). The molecule has 10 heteroatoms. The monoisotopic (exact) mass is 404 g/mol. The number of anilines is 1. The van der Waals surface area contributed by atoms with Crippen molar-refractivity contribution in [3.05, 3.63) is 30.6 Å². The Morgan fingerprint density at radius 3 is 2.93 bits per heavy atom. The fourth-order valence-electron chi connectivity index (χ4n) is 3.41. The van der Waals surface area contributed by atoms with E-state index in [9.17, 15) is 9.79 Å². The lowest BCUT2D eigenvalue weighted by molar-refractivity contribution is 0.0986. The van der Waals surface area contributed by atoms with Crippen molar-refractivity contribution < 1.29 is 19.0 Å². The van der Waals surface area contributed by atoms with Crippen molar-refractivity contribution in [3.8, 4) is 11.4 Å². The maximum absolute atomic E-state index is 10.7. The minimum Gasteiger partial charge on any atom is -0.377 e. The van der Waals surface area contributed by atoms with E-state index in [-0.39, 0.29) is 12.6 Å². The van der Waals surface area contributed by atoms with E-state index in [1.54, 1.807) is 37.5 Å². The normalized spacial score (nSPS) is 18.0. The molecule has 1 aliphatic heterocycles. The molecule has 0 bridgehead atoms. The van der Waals surface area contributed by atoms with Crippen LogP contribution in [0, 0.1) is 0 Å². The molecule has 28 heavy (non-hydrogen) atoms. The smallest absolute Gasteiger partial charge is 0.377 e. The fraction of sp³-hybridized carbons (Fsp3) is 0.389. The lowest BCUT2D eigenvalue weighted by Crippen LogP contribution is -2.44. The minimum absolute atomic E-state index is 0.107. The van der Waals surface area contributed by atoms with E-state index in [1.165, 1.54) is 0 Å². The maximum atomic E-state index is 10.7. The first-order valence-corrected chi connectivity index (χ1v) is 10.8. The lowest BCUT2D eigenvalue weighted by Gasteiger charge is -2.34. The minimum atomic E-state index is -3.79. The molecule has 1 aliphatic rings. The standard InChI is InChI=1S/C18H23N5O4P/c1-3-27-28(24,25)15-10-16(23-8-9-26-11-12(23)2)21-17-13(15)4-6-19-18(17)14-5-7-20-22-14/h4-7,10,12,24-25H,3,8-9,11H2,1-2H3,(H,20,22)/q+1/t12-/m1/s1. The number of aromatic amines is 1. The molecule has 3 aromatic rings. The second kappa shape index (κ2) is 7.69. The summed E-state index contributed by atoms with van der Waals surface area (Å²) in [4.78, 5) is 32.8. The lowest BCUT2D eigenvalue weighted by atomic mass is 10.1. The van der Waals surface area contributed by atoms with Crippen LogP contribution in [0.2, 0.25) is 0 Å². The summed E-state index contributed by atoms with van der Waals surface area (Å²) in [5.41, 5.74) is 1.85. The van der Waals surface area contributed by atoms with Crippen molar-refractivity contribution in [2.75, 3.05) is 31.3 Å². The molecule has 4 heterocycles. The van der Waals surface area contributed by atoms with Crippen molar-refractivity contribution in [3.63, 3.8) is 0 Å². The summed E-state index contributed by atoms with van der Waals surface area (Å²) >= 11 is 0. The van der Waals surface area contributed by atoms with Gasteiger partial charge in [-0.2, -0.15) is 19.4 Å². The number of H-pyrrole nitrogens is 1. The Morgan fingerprint density at radius 1 is 1.36 bits per heavy atom. The third-order valence-corrected chi connectivity index (χ3v) is 6.35. The van der Waals surface area contributed by atoms with Crippen LogP contribution in [0.1, 0.15) is 13.8 Å². The van der Waals surface area contributed by atoms with Gasteiger partial charge < -0.3 is 9.64 Å². The van der Waals surface area contributed by atoms with Gasteiger partial charge in [0.2, 0.25) is 0 Å². The molecule has 3 aromatic heterocycles. The molecule has 0 saturated carbocycles. The van der Waals surface area contributed by atoms with Gasteiger partial charge >= 0.3 is 7.94 Å². The van der Waals surface area contributed by atoms with Gasteiger partial charge in [-0.05, 0) is 26.0 Å². The molecule has 1 atom stereocenters. The van der Waals surface area contributed by atoms with Gasteiger partial charge in [0.05, 0.1) is 36.9 Å². The first-order valence-electron chi connectivity index (χ1n) is 9.15. The van der Waals surface area contributed by atoms with Gasteiger partial charge in [-0.3, -0.25) is 10.1 Å². The predicted octanol–water partition coefficient (Wildman–Crippen LogP) is 1.65. The van der Waals surface area contributed by atoms with E-state index in [2.05, 4.69) is 20.1 Å². The number of nitrogens with one attached hydrogen (secondary N) is 1. The van der Waals surface area contributed by atoms with Crippen LogP contribution < -0.4 is 10.2 Å². The number of aromatic nitrogens is 4. The molecule has 0 unspecified atom stereocenters. The molecule has 0 aliphatic carbocycles. The van der Waals surface area contributed by atoms with Gasteiger partial charge in [0.25, 0.3) is 0 Å². The zero-order chi connectivity index (χ0) is 19.7. The summed E-state index contributed by atoms with van der Waals surface area (Å²) in [5, 5.41) is 7.82. The summed E-state index contributed by atoms with van der Waals surface area (Å²) in [6.45, 7) is 5.80. The van der Waals surface area contributed by atoms with Crippen molar-refractivity contribution >= 4 is 30.0 Å². The largest absolute Gasteiger partial charge is 0.444 e. The van der Waals surface area contributed by atoms with Crippen LogP contribution in [0.4, 0.5) is 5.82 Å². The molecule has 0 radical (unpaired) electrons. The first kappa shape index (κ1) is 19.2. The second-order valence-electron chi connectivity index (χ2n) is 6.60. The van der Waals surface area contributed by atoms with Crippen LogP contribution in [0.3, 0.4) is 0 Å². The van der Waals surface area contributed by atoms with Crippen LogP contribution >= 0.6 is 7.94 Å². The van der Waals surface area contributed by atoms with Crippen LogP contribution in [-0.4, -0.2) is 62.4 Å². The molecule has 3 N–H and O–H groups in total. The van der Waals surface area contributed by atoms with Crippen LogP contribution in [0.15, 0.2) is 30.6 Å². The zero-order valence-electron chi connectivity index (χ0n) is 15.7. The summed E-state index contributed by atoms with van der Waals surface area (Å²) in [6, 6.07) is 5.35. The average molecular weight is 404 g/mol. The average Bonchev–Trinajstić information content (AvgIpc) is 3.21. The first-order chi connectivity index (χ1) is 13.5. The molecule has 1 fully saturated rings. The third-order valence-electron chi connectivity index (χ3n) is 4.73. The summed E-state index contributed by atoms with van der Waals surface area (Å²) in [6.07, 6.45) is 3.26. The SMILES string of the molecule is CCO[P+](O)(O)c1cc(N2CCOC[C@H]2C)nc2c(-c3ccn[nH]3)nccc12. The number of fused-ring (bicyclic) bond motifs is 1. The van der Waals surface area contributed by atoms with E-state index >= 15 is 0 Å². The zero-order valence-corrected chi connectivity index (χ0v) is 16.6. The molecule has 0 amide bonds. The van der Waals surface area contributed by atoms with E-state index in [0.717, 1.165) is 0 Å². The number of hydrogen-bond donors (Lipinski definition) is 3. The highest BCUT2D eigenvalue weighted by molar-refractivity contribution is 7.68. The van der Waals surface area contributed by atoms with Crippen molar-refractivity contribution in [2.45, 2.75) is 19.9 Å². The maximum Gasteiger partial charge on any atom is 0.444 e. The number of morpholine rings is 1. The highest BCUT2D eigenvalue weighted by Gasteiger charge is 2.42. The van der Waals surface area contributed by atoms with Gasteiger partial charge in [0.15, 0.2) is 5.30 Å². The summed E-state index contributed by atoms with van der Waals surface area (Å²) in [7, 11) is -3.79. The Morgan fingerprint density at radius 2 is 2.21 bits per heavy atom. The highest BCUT2D eigenvalue weighted by atomic mass is 31.2. The van der Waals surface area contributed by atoms with E-state index < -0.39 is 7.94 Å². The van der Waals surface area contributed by atoms with Crippen molar-refractivity contribution in [1.29, 1.82) is 0 Å². The van der Waals surface area contributed by atoms with Crippen molar-refractivity contribution in [1.82, 2.24) is 20.2 Å². The number of ether oxygens (including phenoxy) is 1.